The van der Waals surface area contributed by atoms with E-state index in [0.29, 0.717) is 17.6 Å². The van der Waals surface area contributed by atoms with Gasteiger partial charge in [0, 0.05) is 38.8 Å². The van der Waals surface area contributed by atoms with Gasteiger partial charge in [-0.2, -0.15) is 0 Å². The molecule has 1 spiro atoms. The molecular formula is C18H35N3O2. The molecule has 2 aliphatic carbocycles. The van der Waals surface area contributed by atoms with Gasteiger partial charge in [0.05, 0.1) is 12.2 Å². The SMILES string of the molecule is CCOC1CC(NC(=NC)NCC(OC)C(C)(C)C)C12CCC2. The van der Waals surface area contributed by atoms with Crippen molar-refractivity contribution in [1.29, 1.82) is 0 Å². The lowest BCUT2D eigenvalue weighted by molar-refractivity contribution is -0.168. The van der Waals surface area contributed by atoms with E-state index in [1.165, 1.54) is 19.3 Å². The smallest absolute Gasteiger partial charge is 0.191 e. The third-order valence-corrected chi connectivity index (χ3v) is 5.68. The Kier molecular flexibility index (Phi) is 5.95. The van der Waals surface area contributed by atoms with Gasteiger partial charge in [0.1, 0.15) is 0 Å². The van der Waals surface area contributed by atoms with Crippen molar-refractivity contribution in [2.45, 2.75) is 71.6 Å². The molecule has 2 rings (SSSR count). The number of rotatable bonds is 6. The van der Waals surface area contributed by atoms with Gasteiger partial charge in [-0.05, 0) is 31.6 Å². The largest absolute Gasteiger partial charge is 0.379 e. The summed E-state index contributed by atoms with van der Waals surface area (Å²) in [5.74, 6) is 0.877. The number of methoxy groups -OCH3 is 1. The maximum Gasteiger partial charge on any atom is 0.191 e. The number of guanidine groups is 1. The highest BCUT2D eigenvalue weighted by atomic mass is 16.5. The topological polar surface area (TPSA) is 54.9 Å². The molecule has 0 radical (unpaired) electrons. The fraction of sp³-hybridized carbons (Fsp3) is 0.944. The monoisotopic (exact) mass is 325 g/mol. The third kappa shape index (κ3) is 3.82. The van der Waals surface area contributed by atoms with Crippen molar-refractivity contribution in [2.24, 2.45) is 15.8 Å². The quantitative estimate of drug-likeness (QED) is 0.582. The molecule has 0 aromatic carbocycles. The molecule has 2 fully saturated rings. The summed E-state index contributed by atoms with van der Waals surface area (Å²) < 4.78 is 11.5. The van der Waals surface area contributed by atoms with Crippen LogP contribution in [0.1, 0.15) is 53.4 Å². The Labute approximate surface area is 141 Å². The maximum absolute atomic E-state index is 5.92. The van der Waals surface area contributed by atoms with Crippen LogP contribution in [-0.4, -0.2) is 51.5 Å². The van der Waals surface area contributed by atoms with Crippen molar-refractivity contribution < 1.29 is 9.47 Å². The first-order chi connectivity index (χ1) is 10.9. The summed E-state index contributed by atoms with van der Waals surface area (Å²) in [5, 5.41) is 7.05. The molecule has 2 N–H and O–H groups in total. The molecule has 2 saturated carbocycles. The standard InChI is InChI=1S/C18H35N3O2/c1-7-23-14-11-13(18(14)9-8-10-18)21-16(19-5)20-12-15(22-6)17(2,3)4/h13-15H,7-12H2,1-6H3,(H2,19,20,21). The zero-order valence-corrected chi connectivity index (χ0v) is 15.7. The van der Waals surface area contributed by atoms with Crippen LogP contribution in [0.5, 0.6) is 0 Å². The van der Waals surface area contributed by atoms with Gasteiger partial charge in [0.15, 0.2) is 5.96 Å². The van der Waals surface area contributed by atoms with Crippen LogP contribution in [0, 0.1) is 10.8 Å². The van der Waals surface area contributed by atoms with Gasteiger partial charge in [-0.3, -0.25) is 4.99 Å². The first-order valence-electron chi connectivity index (χ1n) is 8.99. The van der Waals surface area contributed by atoms with Crippen LogP contribution in [0.15, 0.2) is 4.99 Å². The van der Waals surface area contributed by atoms with Crippen LogP contribution < -0.4 is 10.6 Å². The number of ether oxygens (including phenoxy) is 2. The molecule has 0 heterocycles. The molecule has 2 aliphatic rings. The van der Waals surface area contributed by atoms with Gasteiger partial charge in [-0.1, -0.05) is 27.2 Å². The van der Waals surface area contributed by atoms with Crippen LogP contribution >= 0.6 is 0 Å². The average Bonchev–Trinajstić information content (AvgIpc) is 2.41. The molecule has 5 nitrogen and oxygen atoms in total. The lowest BCUT2D eigenvalue weighted by Gasteiger charge is -2.61. The molecule has 0 amide bonds. The Hall–Kier alpha value is -0.810. The van der Waals surface area contributed by atoms with Crippen LogP contribution in [0.2, 0.25) is 0 Å². The second kappa shape index (κ2) is 7.39. The lowest BCUT2D eigenvalue weighted by Crippen LogP contribution is -2.68. The van der Waals surface area contributed by atoms with Gasteiger partial charge in [-0.25, -0.2) is 0 Å². The zero-order valence-electron chi connectivity index (χ0n) is 15.7. The van der Waals surface area contributed by atoms with Gasteiger partial charge >= 0.3 is 0 Å². The van der Waals surface area contributed by atoms with E-state index in [9.17, 15) is 0 Å². The predicted octanol–water partition coefficient (Wildman–Crippen LogP) is 2.56. The minimum absolute atomic E-state index is 0.103. The van der Waals surface area contributed by atoms with Crippen LogP contribution in [0.3, 0.4) is 0 Å². The minimum atomic E-state index is 0.103. The highest BCUT2D eigenvalue weighted by Gasteiger charge is 2.59. The summed E-state index contributed by atoms with van der Waals surface area (Å²) in [5.41, 5.74) is 0.449. The van der Waals surface area contributed by atoms with E-state index in [4.69, 9.17) is 9.47 Å². The Morgan fingerprint density at radius 3 is 2.48 bits per heavy atom. The Morgan fingerprint density at radius 1 is 1.35 bits per heavy atom. The van der Waals surface area contributed by atoms with E-state index >= 15 is 0 Å². The van der Waals surface area contributed by atoms with Crippen molar-refractivity contribution in [3.8, 4) is 0 Å². The molecule has 0 aromatic heterocycles. The highest BCUT2D eigenvalue weighted by molar-refractivity contribution is 5.80. The van der Waals surface area contributed by atoms with Crippen LogP contribution in [-0.2, 0) is 9.47 Å². The first kappa shape index (κ1) is 18.5. The van der Waals surface area contributed by atoms with Crippen LogP contribution in [0.4, 0.5) is 0 Å². The van der Waals surface area contributed by atoms with Crippen molar-refractivity contribution in [1.82, 2.24) is 10.6 Å². The Bertz CT molecular complexity index is 413. The fourth-order valence-electron chi connectivity index (χ4n) is 3.93. The summed E-state index contributed by atoms with van der Waals surface area (Å²) in [4.78, 5) is 4.39. The second-order valence-corrected chi connectivity index (χ2v) is 8.01. The zero-order chi connectivity index (χ0) is 17.1. The molecular weight excluding hydrogens is 290 g/mol. The van der Waals surface area contributed by atoms with E-state index < -0.39 is 0 Å². The Balaban J connectivity index is 1.86. The fourth-order valence-corrected chi connectivity index (χ4v) is 3.93. The van der Waals surface area contributed by atoms with Crippen molar-refractivity contribution in [3.63, 3.8) is 0 Å². The van der Waals surface area contributed by atoms with Gasteiger partial charge in [0.25, 0.3) is 0 Å². The molecule has 3 unspecified atom stereocenters. The van der Waals surface area contributed by atoms with E-state index in [0.717, 1.165) is 25.5 Å². The lowest BCUT2D eigenvalue weighted by atomic mass is 9.51. The number of hydrogen-bond acceptors (Lipinski definition) is 3. The average molecular weight is 325 g/mol. The van der Waals surface area contributed by atoms with Crippen molar-refractivity contribution in [3.05, 3.63) is 0 Å². The van der Waals surface area contributed by atoms with E-state index in [1.54, 1.807) is 7.11 Å². The third-order valence-electron chi connectivity index (χ3n) is 5.68. The van der Waals surface area contributed by atoms with E-state index in [-0.39, 0.29) is 11.5 Å². The van der Waals surface area contributed by atoms with Crippen molar-refractivity contribution in [2.75, 3.05) is 27.3 Å². The molecule has 5 heteroatoms. The molecule has 23 heavy (non-hydrogen) atoms. The summed E-state index contributed by atoms with van der Waals surface area (Å²) in [7, 11) is 3.61. The summed E-state index contributed by atoms with van der Waals surface area (Å²) in [6.45, 7) is 10.2. The normalized spacial score (nSPS) is 28.0. The summed E-state index contributed by atoms with van der Waals surface area (Å²) >= 11 is 0. The number of nitrogens with zero attached hydrogens (tertiary/aromatic N) is 1. The Morgan fingerprint density at radius 2 is 2.04 bits per heavy atom. The minimum Gasteiger partial charge on any atom is -0.379 e. The summed E-state index contributed by atoms with van der Waals surface area (Å²) in [6.07, 6.45) is 5.53. The van der Waals surface area contributed by atoms with Gasteiger partial charge < -0.3 is 20.1 Å². The summed E-state index contributed by atoms with van der Waals surface area (Å²) in [6, 6.07) is 0.481. The number of nitrogens with one attached hydrogen (secondary N) is 2. The highest BCUT2D eigenvalue weighted by Crippen LogP contribution is 2.57. The molecule has 0 aromatic rings. The molecule has 0 bridgehead atoms. The first-order valence-corrected chi connectivity index (χ1v) is 8.99. The van der Waals surface area contributed by atoms with Gasteiger partial charge in [-0.15, -0.1) is 0 Å². The van der Waals surface area contributed by atoms with Crippen molar-refractivity contribution >= 4 is 5.96 Å². The molecule has 0 aliphatic heterocycles. The molecule has 134 valence electrons. The molecule has 0 saturated heterocycles. The second-order valence-electron chi connectivity index (χ2n) is 8.01. The van der Waals surface area contributed by atoms with Crippen LogP contribution in [0.25, 0.3) is 0 Å². The number of hydrogen-bond donors (Lipinski definition) is 2. The van der Waals surface area contributed by atoms with Gasteiger partial charge in [0.2, 0.25) is 0 Å². The predicted molar refractivity (Wildman–Crippen MR) is 94.9 cm³/mol. The maximum atomic E-state index is 5.92. The van der Waals surface area contributed by atoms with E-state index in [2.05, 4.69) is 43.3 Å². The number of aliphatic imine (C=N–C) groups is 1. The van der Waals surface area contributed by atoms with E-state index in [1.807, 2.05) is 7.05 Å². The molecule has 3 atom stereocenters.